The molecule has 142 valence electrons. The minimum absolute atomic E-state index is 0.162. The molecule has 0 aliphatic heterocycles. The van der Waals surface area contributed by atoms with Gasteiger partial charge in [-0.25, -0.2) is 5.09 Å². The van der Waals surface area contributed by atoms with Crippen LogP contribution < -0.4 is 9.61 Å². The van der Waals surface area contributed by atoms with Gasteiger partial charge < -0.3 is 14.0 Å². The fraction of sp³-hybridized carbons (Fsp3) is 0.611. The molecule has 0 amide bonds. The Labute approximate surface area is 150 Å². The third kappa shape index (κ3) is 6.81. The van der Waals surface area contributed by atoms with Gasteiger partial charge >= 0.3 is 13.5 Å². The number of nitrogens with one attached hydrogen (secondary N) is 1. The minimum atomic E-state index is -3.46. The van der Waals surface area contributed by atoms with Gasteiger partial charge in [0.05, 0.1) is 6.10 Å². The van der Waals surface area contributed by atoms with Crippen molar-refractivity contribution in [3.63, 3.8) is 0 Å². The summed E-state index contributed by atoms with van der Waals surface area (Å²) in [5.74, 6) is 0.0198. The van der Waals surface area contributed by atoms with Crippen molar-refractivity contribution >= 4 is 13.5 Å². The van der Waals surface area contributed by atoms with Crippen LogP contribution in [-0.4, -0.2) is 31.6 Å². The van der Waals surface area contributed by atoms with Crippen LogP contribution in [-0.2, 0) is 24.2 Å². The molecule has 0 fully saturated rings. The number of carbonyl (C=O) groups is 1. The van der Waals surface area contributed by atoms with Crippen molar-refractivity contribution in [3.05, 3.63) is 29.8 Å². The highest BCUT2D eigenvalue weighted by Crippen LogP contribution is 2.46. The molecule has 1 aromatic rings. The maximum absolute atomic E-state index is 13.2. The molecular weight excluding hydrogens is 341 g/mol. The summed E-state index contributed by atoms with van der Waals surface area (Å²) < 4.78 is 29.2. The quantitative estimate of drug-likeness (QED) is 0.548. The van der Waals surface area contributed by atoms with E-state index in [9.17, 15) is 9.36 Å². The maximum Gasteiger partial charge on any atom is 0.342 e. The van der Waals surface area contributed by atoms with Crippen LogP contribution in [0.2, 0.25) is 0 Å². The van der Waals surface area contributed by atoms with Gasteiger partial charge in [0.25, 0.3) is 0 Å². The average Bonchev–Trinajstić information content (AvgIpc) is 2.45. The van der Waals surface area contributed by atoms with E-state index in [4.69, 9.17) is 14.0 Å². The molecule has 25 heavy (non-hydrogen) atoms. The van der Waals surface area contributed by atoms with Gasteiger partial charge in [0.1, 0.15) is 18.1 Å². The standard InChI is InChI=1S/C18H30NO5P/c1-13(2)23-17(20)14(3)19-25(21,12-22-7)24-16-11-9-8-10-15(16)18(4,5)6/h8-11,13-14H,12H2,1-7H3,(H,19,21)/t14-,25?/m0/s1. The summed E-state index contributed by atoms with van der Waals surface area (Å²) in [7, 11) is -2.03. The summed E-state index contributed by atoms with van der Waals surface area (Å²) in [5, 5.41) is 2.76. The maximum atomic E-state index is 13.2. The van der Waals surface area contributed by atoms with Crippen molar-refractivity contribution in [2.45, 2.75) is 59.1 Å². The molecular formula is C18H30NO5P. The van der Waals surface area contributed by atoms with Crippen LogP contribution in [0.25, 0.3) is 0 Å². The fourth-order valence-corrected chi connectivity index (χ4v) is 3.96. The van der Waals surface area contributed by atoms with E-state index in [1.54, 1.807) is 26.8 Å². The van der Waals surface area contributed by atoms with Crippen LogP contribution in [0.1, 0.15) is 47.1 Å². The Balaban J connectivity index is 3.04. The number of benzene rings is 1. The van der Waals surface area contributed by atoms with Gasteiger partial charge in [-0.05, 0) is 37.8 Å². The number of para-hydroxylation sites is 1. The van der Waals surface area contributed by atoms with Crippen LogP contribution in [0.5, 0.6) is 5.75 Å². The number of ether oxygens (including phenoxy) is 2. The van der Waals surface area contributed by atoms with E-state index < -0.39 is 19.5 Å². The number of methoxy groups -OCH3 is 1. The van der Waals surface area contributed by atoms with E-state index in [1.165, 1.54) is 7.11 Å². The molecule has 0 saturated heterocycles. The van der Waals surface area contributed by atoms with Gasteiger partial charge in [0.2, 0.25) is 0 Å². The van der Waals surface area contributed by atoms with E-state index in [2.05, 4.69) is 5.09 Å². The van der Waals surface area contributed by atoms with Gasteiger partial charge in [-0.2, -0.15) is 0 Å². The second kappa shape index (κ2) is 8.84. The minimum Gasteiger partial charge on any atom is -0.462 e. The van der Waals surface area contributed by atoms with Gasteiger partial charge in [-0.3, -0.25) is 9.36 Å². The van der Waals surface area contributed by atoms with E-state index in [-0.39, 0.29) is 17.9 Å². The van der Waals surface area contributed by atoms with Crippen molar-refractivity contribution in [3.8, 4) is 5.75 Å². The van der Waals surface area contributed by atoms with Gasteiger partial charge in [0.15, 0.2) is 0 Å². The number of hydrogen-bond acceptors (Lipinski definition) is 5. The third-order valence-electron chi connectivity index (χ3n) is 3.34. The highest BCUT2D eigenvalue weighted by molar-refractivity contribution is 7.57. The first-order valence-electron chi connectivity index (χ1n) is 8.34. The van der Waals surface area contributed by atoms with Crippen LogP contribution >= 0.6 is 7.52 Å². The Morgan fingerprint density at radius 2 is 1.80 bits per heavy atom. The largest absolute Gasteiger partial charge is 0.462 e. The molecule has 0 aliphatic carbocycles. The lowest BCUT2D eigenvalue weighted by Crippen LogP contribution is -2.36. The lowest BCUT2D eigenvalue weighted by molar-refractivity contribution is -0.149. The van der Waals surface area contributed by atoms with Crippen molar-refractivity contribution in [1.29, 1.82) is 0 Å². The SMILES string of the molecule is COCP(=O)(N[C@@H](C)C(=O)OC(C)C)Oc1ccccc1C(C)(C)C. The zero-order valence-corrected chi connectivity index (χ0v) is 17.1. The summed E-state index contributed by atoms with van der Waals surface area (Å²) in [6.07, 6.45) is -0.411. The molecule has 0 spiro atoms. The zero-order valence-electron chi connectivity index (χ0n) is 16.2. The molecule has 0 saturated carbocycles. The summed E-state index contributed by atoms with van der Waals surface area (Å²) in [5.41, 5.74) is 0.738. The van der Waals surface area contributed by atoms with E-state index in [1.807, 2.05) is 39.0 Å². The smallest absolute Gasteiger partial charge is 0.342 e. The lowest BCUT2D eigenvalue weighted by Gasteiger charge is -2.27. The molecule has 0 heterocycles. The van der Waals surface area contributed by atoms with E-state index in [0.29, 0.717) is 5.75 Å². The normalized spacial score (nSPS) is 15.5. The summed E-state index contributed by atoms with van der Waals surface area (Å²) >= 11 is 0. The monoisotopic (exact) mass is 371 g/mol. The zero-order chi connectivity index (χ0) is 19.3. The number of hydrogen-bond donors (Lipinski definition) is 1. The second-order valence-corrected chi connectivity index (χ2v) is 9.31. The molecule has 1 N–H and O–H groups in total. The van der Waals surface area contributed by atoms with E-state index >= 15 is 0 Å². The molecule has 6 nitrogen and oxygen atoms in total. The molecule has 0 aliphatic rings. The number of carbonyl (C=O) groups excluding carboxylic acids is 1. The fourth-order valence-electron chi connectivity index (χ4n) is 2.27. The molecule has 7 heteroatoms. The number of rotatable bonds is 8. The molecule has 0 bridgehead atoms. The van der Waals surface area contributed by atoms with Crippen LogP contribution in [0.3, 0.4) is 0 Å². The Morgan fingerprint density at radius 1 is 1.20 bits per heavy atom. The van der Waals surface area contributed by atoms with Gasteiger partial charge in [-0.15, -0.1) is 0 Å². The molecule has 1 aromatic carbocycles. The molecule has 0 aromatic heterocycles. The number of esters is 1. The molecule has 0 radical (unpaired) electrons. The Hall–Kier alpha value is -1.36. The first-order valence-corrected chi connectivity index (χ1v) is 10.1. The first kappa shape index (κ1) is 21.7. The van der Waals surface area contributed by atoms with Crippen molar-refractivity contribution < 1.29 is 23.4 Å². The molecule has 1 unspecified atom stereocenters. The Kier molecular flexibility index (Phi) is 7.66. The lowest BCUT2D eigenvalue weighted by atomic mass is 9.86. The van der Waals surface area contributed by atoms with E-state index in [0.717, 1.165) is 5.56 Å². The van der Waals surface area contributed by atoms with Crippen molar-refractivity contribution in [1.82, 2.24) is 5.09 Å². The van der Waals surface area contributed by atoms with Gasteiger partial charge in [0, 0.05) is 7.11 Å². The van der Waals surface area contributed by atoms with Crippen LogP contribution in [0, 0.1) is 0 Å². The summed E-state index contributed by atoms with van der Waals surface area (Å²) in [6.45, 7) is 11.3. The Bertz CT molecular complexity index is 624. The average molecular weight is 371 g/mol. The molecule has 2 atom stereocenters. The predicted octanol–water partition coefficient (Wildman–Crippen LogP) is 4.09. The van der Waals surface area contributed by atoms with Crippen LogP contribution in [0.4, 0.5) is 0 Å². The Morgan fingerprint density at radius 3 is 2.32 bits per heavy atom. The highest BCUT2D eigenvalue weighted by atomic mass is 31.2. The summed E-state index contributed by atoms with van der Waals surface area (Å²) in [4.78, 5) is 12.0. The van der Waals surface area contributed by atoms with Crippen molar-refractivity contribution in [2.24, 2.45) is 0 Å². The predicted molar refractivity (Wildman–Crippen MR) is 99.1 cm³/mol. The second-order valence-electron chi connectivity index (χ2n) is 7.27. The molecule has 1 rings (SSSR count). The van der Waals surface area contributed by atoms with Crippen LogP contribution in [0.15, 0.2) is 24.3 Å². The topological polar surface area (TPSA) is 73.9 Å². The third-order valence-corrected chi connectivity index (χ3v) is 5.21. The first-order chi connectivity index (χ1) is 11.5. The van der Waals surface area contributed by atoms with Crippen molar-refractivity contribution in [2.75, 3.05) is 13.5 Å². The highest BCUT2D eigenvalue weighted by Gasteiger charge is 2.32. The summed E-state index contributed by atoms with van der Waals surface area (Å²) in [6, 6.07) is 6.64. The van der Waals surface area contributed by atoms with Gasteiger partial charge in [-0.1, -0.05) is 39.0 Å².